The molecule has 1 heterocycles. The van der Waals surface area contributed by atoms with Gasteiger partial charge in [-0.25, -0.2) is 4.39 Å². The third-order valence-electron chi connectivity index (χ3n) is 3.12. The van der Waals surface area contributed by atoms with Gasteiger partial charge in [-0.05, 0) is 25.1 Å². The maximum atomic E-state index is 13.1. The molecule has 2 aromatic rings. The molecular formula is C17H12ClFN2O4. The highest BCUT2D eigenvalue weighted by atomic mass is 35.5. The second-order valence-electron chi connectivity index (χ2n) is 4.88. The molecule has 0 fully saturated rings. The number of nitrogens with one attached hydrogen (secondary N) is 2. The van der Waals surface area contributed by atoms with Crippen molar-refractivity contribution >= 4 is 34.9 Å². The van der Waals surface area contributed by atoms with E-state index in [1.54, 1.807) is 0 Å². The van der Waals surface area contributed by atoms with Gasteiger partial charge in [-0.2, -0.15) is 0 Å². The molecule has 1 aromatic heterocycles. The van der Waals surface area contributed by atoms with Crippen LogP contribution in [-0.4, -0.2) is 24.1 Å². The zero-order valence-corrected chi connectivity index (χ0v) is 13.7. The average molecular weight is 363 g/mol. The molecule has 0 bridgehead atoms. The number of amides is 2. The van der Waals surface area contributed by atoms with Gasteiger partial charge in [0.05, 0.1) is 17.1 Å². The quantitative estimate of drug-likeness (QED) is 0.486. The number of rotatable bonds is 5. The van der Waals surface area contributed by atoms with Crippen molar-refractivity contribution in [2.75, 3.05) is 11.9 Å². The molecule has 2 N–H and O–H groups in total. The van der Waals surface area contributed by atoms with Crippen molar-refractivity contribution in [3.63, 3.8) is 0 Å². The van der Waals surface area contributed by atoms with E-state index in [0.717, 1.165) is 12.1 Å². The summed E-state index contributed by atoms with van der Waals surface area (Å²) >= 11 is 5.65. The summed E-state index contributed by atoms with van der Waals surface area (Å²) in [5, 5.41) is 4.55. The highest BCUT2D eigenvalue weighted by Crippen LogP contribution is 2.21. The summed E-state index contributed by atoms with van der Waals surface area (Å²) in [6.07, 6.45) is 4.99. The number of hydrogen-bond donors (Lipinski definition) is 2. The van der Waals surface area contributed by atoms with Crippen LogP contribution in [0.1, 0.15) is 26.7 Å². The molecule has 0 atom stereocenters. The molecule has 0 aliphatic heterocycles. The summed E-state index contributed by atoms with van der Waals surface area (Å²) in [5.41, 5.74) is 0.310. The lowest BCUT2D eigenvalue weighted by Gasteiger charge is -2.05. The Morgan fingerprint density at radius 1 is 1.32 bits per heavy atom. The van der Waals surface area contributed by atoms with Crippen LogP contribution in [0.3, 0.4) is 0 Å². The summed E-state index contributed by atoms with van der Waals surface area (Å²) < 4.78 is 18.3. The topological polar surface area (TPSA) is 88.4 Å². The molecule has 0 radical (unpaired) electrons. The molecule has 0 spiro atoms. The fourth-order valence-electron chi connectivity index (χ4n) is 1.92. The normalized spacial score (nSPS) is 10.0. The van der Waals surface area contributed by atoms with Gasteiger partial charge in [0.25, 0.3) is 17.6 Å². The Morgan fingerprint density at radius 2 is 2.04 bits per heavy atom. The Labute approximate surface area is 147 Å². The molecule has 128 valence electrons. The van der Waals surface area contributed by atoms with Crippen LogP contribution < -0.4 is 10.6 Å². The minimum Gasteiger partial charge on any atom is -0.457 e. The van der Waals surface area contributed by atoms with Crippen LogP contribution in [0.2, 0.25) is 5.02 Å². The van der Waals surface area contributed by atoms with Crippen molar-refractivity contribution < 1.29 is 23.2 Å². The lowest BCUT2D eigenvalue weighted by atomic mass is 10.2. The summed E-state index contributed by atoms with van der Waals surface area (Å²) in [6, 6.07) is 4.82. The Kier molecular flexibility index (Phi) is 5.57. The number of benzene rings is 1. The summed E-state index contributed by atoms with van der Waals surface area (Å²) in [4.78, 5) is 35.8. The summed E-state index contributed by atoms with van der Waals surface area (Å²) in [7, 11) is 0. The molecule has 25 heavy (non-hydrogen) atoms. The zero-order chi connectivity index (χ0) is 18.6. The van der Waals surface area contributed by atoms with E-state index in [2.05, 4.69) is 16.6 Å². The molecule has 2 amide bonds. The van der Waals surface area contributed by atoms with Crippen molar-refractivity contribution in [2.45, 2.75) is 6.92 Å². The van der Waals surface area contributed by atoms with Gasteiger partial charge in [0.1, 0.15) is 11.6 Å². The second-order valence-corrected chi connectivity index (χ2v) is 5.29. The first-order valence-corrected chi connectivity index (χ1v) is 7.34. The van der Waals surface area contributed by atoms with Crippen LogP contribution in [0.5, 0.6) is 0 Å². The molecule has 0 unspecified atom stereocenters. The van der Waals surface area contributed by atoms with E-state index in [0.29, 0.717) is 0 Å². The smallest absolute Gasteiger partial charge is 0.296 e. The van der Waals surface area contributed by atoms with Gasteiger partial charge in [-0.1, -0.05) is 17.5 Å². The van der Waals surface area contributed by atoms with Gasteiger partial charge >= 0.3 is 0 Å². The van der Waals surface area contributed by atoms with E-state index >= 15 is 0 Å². The number of aryl methyl sites for hydroxylation is 1. The maximum absolute atomic E-state index is 13.1. The number of Topliss-reactive ketones (excluding diaryl/α,β-unsaturated/α-hetero) is 1. The molecule has 8 heteroatoms. The maximum Gasteiger partial charge on any atom is 0.296 e. The number of furan rings is 1. The Hall–Kier alpha value is -3.11. The largest absolute Gasteiger partial charge is 0.457 e. The van der Waals surface area contributed by atoms with E-state index in [9.17, 15) is 18.8 Å². The van der Waals surface area contributed by atoms with Crippen LogP contribution in [0, 0.1) is 25.1 Å². The first-order valence-electron chi connectivity index (χ1n) is 6.96. The van der Waals surface area contributed by atoms with Crippen molar-refractivity contribution in [3.8, 4) is 12.3 Å². The predicted molar refractivity (Wildman–Crippen MR) is 89.0 cm³/mol. The van der Waals surface area contributed by atoms with E-state index in [4.69, 9.17) is 22.4 Å². The van der Waals surface area contributed by atoms with Gasteiger partial charge in [-0.15, -0.1) is 6.42 Å². The van der Waals surface area contributed by atoms with Crippen LogP contribution in [0.25, 0.3) is 0 Å². The first-order chi connectivity index (χ1) is 11.8. The highest BCUT2D eigenvalue weighted by Gasteiger charge is 2.24. The Morgan fingerprint density at radius 3 is 2.68 bits per heavy atom. The number of hydrogen-bond acceptors (Lipinski definition) is 4. The Bertz CT molecular complexity index is 899. The third kappa shape index (κ3) is 4.25. The number of halogens is 2. The lowest BCUT2D eigenvalue weighted by molar-refractivity contribution is -0.116. The molecule has 0 saturated heterocycles. The average Bonchev–Trinajstić information content (AvgIpc) is 2.97. The number of ketones is 1. The minimum atomic E-state index is -0.956. The lowest BCUT2D eigenvalue weighted by Crippen LogP contribution is -2.31. The number of carbonyl (C=O) groups excluding carboxylic acids is 3. The van der Waals surface area contributed by atoms with E-state index in [1.807, 2.05) is 0 Å². The zero-order valence-electron chi connectivity index (χ0n) is 13.0. The molecule has 0 aliphatic carbocycles. The standard InChI is InChI=1S/C17H12ClFN2O4/c1-3-6-20-17(24)15(22)14-8-11(9(2)25-14)16(23)21-10-4-5-13(19)12(18)7-10/h1,4-5,7-8H,6H2,2H3,(H,20,24)(H,21,23). The van der Waals surface area contributed by atoms with Gasteiger partial charge in [0.2, 0.25) is 0 Å². The van der Waals surface area contributed by atoms with Gasteiger partial charge in [0, 0.05) is 11.8 Å². The highest BCUT2D eigenvalue weighted by molar-refractivity contribution is 6.42. The molecule has 1 aromatic carbocycles. The van der Waals surface area contributed by atoms with E-state index in [-0.39, 0.29) is 34.3 Å². The molecule has 0 saturated carbocycles. The van der Waals surface area contributed by atoms with Crippen molar-refractivity contribution in [1.82, 2.24) is 5.32 Å². The van der Waals surface area contributed by atoms with Crippen molar-refractivity contribution in [2.24, 2.45) is 0 Å². The SMILES string of the molecule is C#CCNC(=O)C(=O)c1cc(C(=O)Nc2ccc(F)c(Cl)c2)c(C)o1. The predicted octanol–water partition coefficient (Wildman–Crippen LogP) is 2.56. The van der Waals surface area contributed by atoms with Crippen LogP contribution in [0.4, 0.5) is 10.1 Å². The minimum absolute atomic E-state index is 0.0496. The number of terminal acetylenes is 1. The fourth-order valence-corrected chi connectivity index (χ4v) is 2.10. The van der Waals surface area contributed by atoms with Crippen molar-refractivity contribution in [3.05, 3.63) is 52.2 Å². The van der Waals surface area contributed by atoms with E-state index < -0.39 is 23.4 Å². The van der Waals surface area contributed by atoms with Crippen LogP contribution in [0.15, 0.2) is 28.7 Å². The molecule has 6 nitrogen and oxygen atoms in total. The van der Waals surface area contributed by atoms with Crippen molar-refractivity contribution in [1.29, 1.82) is 0 Å². The van der Waals surface area contributed by atoms with Crippen LogP contribution >= 0.6 is 11.6 Å². The summed E-state index contributed by atoms with van der Waals surface area (Å²) in [6.45, 7) is 1.35. The van der Waals surface area contributed by atoms with Crippen LogP contribution in [-0.2, 0) is 4.79 Å². The fraction of sp³-hybridized carbons (Fsp3) is 0.118. The van der Waals surface area contributed by atoms with Gasteiger partial charge < -0.3 is 15.1 Å². The summed E-state index contributed by atoms with van der Waals surface area (Å²) in [5.74, 6) is -1.12. The monoisotopic (exact) mass is 362 g/mol. The molecule has 0 aliphatic rings. The number of carbonyl (C=O) groups is 3. The molecule has 2 rings (SSSR count). The third-order valence-corrected chi connectivity index (χ3v) is 3.41. The van der Waals surface area contributed by atoms with Gasteiger partial charge in [0.15, 0.2) is 5.76 Å². The van der Waals surface area contributed by atoms with E-state index in [1.165, 1.54) is 19.1 Å². The second kappa shape index (κ2) is 7.64. The number of anilines is 1. The first kappa shape index (κ1) is 18.2. The Balaban J connectivity index is 2.17. The molecular weight excluding hydrogens is 351 g/mol. The van der Waals surface area contributed by atoms with Gasteiger partial charge in [-0.3, -0.25) is 14.4 Å².